The van der Waals surface area contributed by atoms with Gasteiger partial charge in [-0.25, -0.2) is 13.4 Å². The van der Waals surface area contributed by atoms with Crippen molar-refractivity contribution in [3.8, 4) is 0 Å². The molecule has 0 saturated carbocycles. The fourth-order valence-corrected chi connectivity index (χ4v) is 4.81. The van der Waals surface area contributed by atoms with E-state index in [0.717, 1.165) is 16.5 Å². The third-order valence-electron chi connectivity index (χ3n) is 3.51. The predicted octanol–water partition coefficient (Wildman–Crippen LogP) is 2.31. The van der Waals surface area contributed by atoms with E-state index in [1.54, 1.807) is 18.2 Å². The standard InChI is InChI=1S/C13H14ClN3O3S2/c1-22(19,20)17-6-2-3-10(17)12(18)16-13-15-9-5-4-8(14)7-11(9)21-13/h4-5,7,10H,2-3,6H2,1H3,(H,15,16,18)/t10-/m1/s1. The van der Waals surface area contributed by atoms with Gasteiger partial charge in [0.15, 0.2) is 5.13 Å². The van der Waals surface area contributed by atoms with E-state index in [1.807, 2.05) is 0 Å². The number of carbonyl (C=O) groups excluding carboxylic acids is 1. The van der Waals surface area contributed by atoms with Crippen LogP contribution in [0.3, 0.4) is 0 Å². The van der Waals surface area contributed by atoms with E-state index in [2.05, 4.69) is 10.3 Å². The van der Waals surface area contributed by atoms with Crippen molar-refractivity contribution in [2.24, 2.45) is 0 Å². The highest BCUT2D eigenvalue weighted by atomic mass is 35.5. The Morgan fingerprint density at radius 2 is 2.27 bits per heavy atom. The quantitative estimate of drug-likeness (QED) is 0.912. The smallest absolute Gasteiger partial charge is 0.244 e. The number of rotatable bonds is 3. The number of nitrogens with zero attached hydrogens (tertiary/aromatic N) is 2. The molecule has 9 heteroatoms. The molecule has 0 unspecified atom stereocenters. The molecule has 1 atom stereocenters. The maximum Gasteiger partial charge on any atom is 0.244 e. The lowest BCUT2D eigenvalue weighted by Crippen LogP contribution is -2.42. The number of sulfonamides is 1. The Morgan fingerprint density at radius 1 is 1.50 bits per heavy atom. The molecule has 0 radical (unpaired) electrons. The molecule has 1 aliphatic rings. The van der Waals surface area contributed by atoms with Gasteiger partial charge in [0.2, 0.25) is 15.9 Å². The van der Waals surface area contributed by atoms with Gasteiger partial charge in [-0.1, -0.05) is 22.9 Å². The molecule has 1 N–H and O–H groups in total. The molecular formula is C13H14ClN3O3S2. The topological polar surface area (TPSA) is 79.4 Å². The fourth-order valence-electron chi connectivity index (χ4n) is 2.54. The van der Waals surface area contributed by atoms with Crippen molar-refractivity contribution < 1.29 is 13.2 Å². The number of amides is 1. The predicted molar refractivity (Wildman–Crippen MR) is 87.8 cm³/mol. The van der Waals surface area contributed by atoms with E-state index < -0.39 is 16.1 Å². The first-order chi connectivity index (χ1) is 10.3. The number of hydrogen-bond acceptors (Lipinski definition) is 5. The Bertz CT molecular complexity index is 834. The maximum absolute atomic E-state index is 12.3. The van der Waals surface area contributed by atoms with Crippen molar-refractivity contribution in [2.75, 3.05) is 18.1 Å². The van der Waals surface area contributed by atoms with Crippen LogP contribution in [0.25, 0.3) is 10.2 Å². The zero-order valence-electron chi connectivity index (χ0n) is 11.7. The Kier molecular flexibility index (Phi) is 4.11. The van der Waals surface area contributed by atoms with Crippen LogP contribution in [0.15, 0.2) is 18.2 Å². The molecule has 1 amide bonds. The van der Waals surface area contributed by atoms with E-state index in [4.69, 9.17) is 11.6 Å². The molecule has 1 aromatic heterocycles. The number of nitrogens with one attached hydrogen (secondary N) is 1. The molecule has 1 aromatic carbocycles. The average molecular weight is 360 g/mol. The molecule has 1 saturated heterocycles. The van der Waals surface area contributed by atoms with Crippen molar-refractivity contribution in [1.29, 1.82) is 0 Å². The minimum Gasteiger partial charge on any atom is -0.301 e. The van der Waals surface area contributed by atoms with Gasteiger partial charge >= 0.3 is 0 Å². The highest BCUT2D eigenvalue weighted by molar-refractivity contribution is 7.88. The lowest BCUT2D eigenvalue weighted by atomic mass is 10.2. The van der Waals surface area contributed by atoms with E-state index in [0.29, 0.717) is 29.5 Å². The van der Waals surface area contributed by atoms with Gasteiger partial charge in [0.25, 0.3) is 0 Å². The van der Waals surface area contributed by atoms with Crippen LogP contribution in [0.2, 0.25) is 5.02 Å². The first-order valence-corrected chi connectivity index (χ1v) is 9.72. The summed E-state index contributed by atoms with van der Waals surface area (Å²) in [5, 5.41) is 3.77. The molecule has 2 aromatic rings. The summed E-state index contributed by atoms with van der Waals surface area (Å²) < 4.78 is 25.5. The second-order valence-corrected chi connectivity index (χ2v) is 8.55. The molecule has 1 aliphatic heterocycles. The van der Waals surface area contributed by atoms with Gasteiger partial charge in [-0.2, -0.15) is 4.31 Å². The Hall–Kier alpha value is -1.22. The van der Waals surface area contributed by atoms with Gasteiger partial charge in [-0.3, -0.25) is 4.79 Å². The number of halogens is 1. The summed E-state index contributed by atoms with van der Waals surface area (Å²) in [6.45, 7) is 0.381. The zero-order valence-corrected chi connectivity index (χ0v) is 14.1. The fraction of sp³-hybridized carbons (Fsp3) is 0.385. The van der Waals surface area contributed by atoms with Crippen LogP contribution >= 0.6 is 22.9 Å². The molecule has 6 nitrogen and oxygen atoms in total. The van der Waals surface area contributed by atoms with Crippen LogP contribution in [0.1, 0.15) is 12.8 Å². The van der Waals surface area contributed by atoms with E-state index in [9.17, 15) is 13.2 Å². The molecule has 118 valence electrons. The highest BCUT2D eigenvalue weighted by Crippen LogP contribution is 2.29. The lowest BCUT2D eigenvalue weighted by Gasteiger charge is -2.20. The van der Waals surface area contributed by atoms with Crippen LogP contribution < -0.4 is 5.32 Å². The van der Waals surface area contributed by atoms with Crippen LogP contribution in [-0.4, -0.2) is 42.5 Å². The summed E-state index contributed by atoms with van der Waals surface area (Å²) in [7, 11) is -3.38. The third-order valence-corrected chi connectivity index (χ3v) is 5.97. The number of thiazole rings is 1. The van der Waals surface area contributed by atoms with Crippen molar-refractivity contribution in [1.82, 2.24) is 9.29 Å². The second-order valence-electron chi connectivity index (χ2n) is 5.15. The summed E-state index contributed by atoms with van der Waals surface area (Å²) in [6, 6.07) is 4.63. The van der Waals surface area contributed by atoms with Crippen molar-refractivity contribution >= 4 is 54.2 Å². The van der Waals surface area contributed by atoms with Gasteiger partial charge in [-0.05, 0) is 31.0 Å². The third kappa shape index (κ3) is 3.10. The van der Waals surface area contributed by atoms with Gasteiger partial charge in [0.05, 0.1) is 16.5 Å². The summed E-state index contributed by atoms with van der Waals surface area (Å²) in [6.07, 6.45) is 2.33. The van der Waals surface area contributed by atoms with Crippen LogP contribution in [-0.2, 0) is 14.8 Å². The van der Waals surface area contributed by atoms with Crippen LogP contribution in [0.4, 0.5) is 5.13 Å². The average Bonchev–Trinajstić information content (AvgIpc) is 3.02. The van der Waals surface area contributed by atoms with Gasteiger partial charge in [0, 0.05) is 11.6 Å². The van der Waals surface area contributed by atoms with Crippen molar-refractivity contribution in [3.63, 3.8) is 0 Å². The minimum atomic E-state index is -3.38. The largest absolute Gasteiger partial charge is 0.301 e. The second kappa shape index (κ2) is 5.77. The van der Waals surface area contributed by atoms with E-state index in [-0.39, 0.29) is 5.91 Å². The first-order valence-electron chi connectivity index (χ1n) is 6.68. The van der Waals surface area contributed by atoms with Gasteiger partial charge < -0.3 is 5.32 Å². The molecular weight excluding hydrogens is 346 g/mol. The first kappa shape index (κ1) is 15.7. The molecule has 3 rings (SSSR count). The number of carbonyl (C=O) groups is 1. The molecule has 1 fully saturated rings. The molecule has 22 heavy (non-hydrogen) atoms. The molecule has 2 heterocycles. The SMILES string of the molecule is CS(=O)(=O)N1CCC[C@@H]1C(=O)Nc1nc2ccc(Cl)cc2s1. The Labute approximate surface area is 137 Å². The van der Waals surface area contributed by atoms with Crippen molar-refractivity contribution in [2.45, 2.75) is 18.9 Å². The summed E-state index contributed by atoms with van der Waals surface area (Å²) in [5.41, 5.74) is 0.746. The maximum atomic E-state index is 12.3. The van der Waals surface area contributed by atoms with E-state index >= 15 is 0 Å². The number of aromatic nitrogens is 1. The van der Waals surface area contributed by atoms with Gasteiger partial charge in [-0.15, -0.1) is 0 Å². The number of hydrogen-bond donors (Lipinski definition) is 1. The summed E-state index contributed by atoms with van der Waals surface area (Å²) in [5.74, 6) is -0.340. The molecule has 0 bridgehead atoms. The van der Waals surface area contributed by atoms with Crippen LogP contribution in [0.5, 0.6) is 0 Å². The highest BCUT2D eigenvalue weighted by Gasteiger charge is 2.36. The van der Waals surface area contributed by atoms with E-state index in [1.165, 1.54) is 15.6 Å². The minimum absolute atomic E-state index is 0.340. The lowest BCUT2D eigenvalue weighted by molar-refractivity contribution is -0.119. The summed E-state index contributed by atoms with van der Waals surface area (Å²) in [4.78, 5) is 16.7. The number of benzene rings is 1. The molecule has 0 spiro atoms. The monoisotopic (exact) mass is 359 g/mol. The number of fused-ring (bicyclic) bond motifs is 1. The zero-order chi connectivity index (χ0) is 15.9. The van der Waals surface area contributed by atoms with Gasteiger partial charge in [0.1, 0.15) is 6.04 Å². The Morgan fingerprint density at radius 3 is 3.00 bits per heavy atom. The van der Waals surface area contributed by atoms with Crippen LogP contribution in [0, 0.1) is 0 Å². The molecule has 0 aliphatic carbocycles. The Balaban J connectivity index is 1.80. The normalized spacial score (nSPS) is 19.6. The number of anilines is 1. The summed E-state index contributed by atoms with van der Waals surface area (Å²) >= 11 is 7.24. The van der Waals surface area contributed by atoms with Crippen molar-refractivity contribution in [3.05, 3.63) is 23.2 Å².